The summed E-state index contributed by atoms with van der Waals surface area (Å²) in [6.45, 7) is 6.38. The predicted molar refractivity (Wildman–Crippen MR) is 70.0 cm³/mol. The number of rotatable bonds is 2. The van der Waals surface area contributed by atoms with Crippen LogP contribution in [0.25, 0.3) is 0 Å². The van der Waals surface area contributed by atoms with E-state index in [1.807, 2.05) is 6.07 Å². The average Bonchev–Trinajstić information content (AvgIpc) is 2.24. The number of aryl methyl sites for hydroxylation is 1. The standard InChI is InChI=1S/C13H18BrNO/c1-10-3-4-11(14)9-12(10)16-13(2)5-7-15-8-6-13/h3-4,9,15H,5-8H2,1-2H3. The van der Waals surface area contributed by atoms with Gasteiger partial charge in [0, 0.05) is 4.47 Å². The molecule has 2 nitrogen and oxygen atoms in total. The van der Waals surface area contributed by atoms with Crippen molar-refractivity contribution in [1.29, 1.82) is 0 Å². The fraction of sp³-hybridized carbons (Fsp3) is 0.538. The van der Waals surface area contributed by atoms with E-state index in [1.54, 1.807) is 0 Å². The van der Waals surface area contributed by atoms with Gasteiger partial charge in [-0.2, -0.15) is 0 Å². The molecular weight excluding hydrogens is 266 g/mol. The van der Waals surface area contributed by atoms with Gasteiger partial charge in [0.1, 0.15) is 11.4 Å². The van der Waals surface area contributed by atoms with E-state index in [-0.39, 0.29) is 5.60 Å². The maximum atomic E-state index is 6.18. The molecule has 0 radical (unpaired) electrons. The maximum Gasteiger partial charge on any atom is 0.124 e. The zero-order valence-electron chi connectivity index (χ0n) is 9.85. The Morgan fingerprint density at radius 1 is 1.31 bits per heavy atom. The lowest BCUT2D eigenvalue weighted by Gasteiger charge is -2.35. The van der Waals surface area contributed by atoms with Crippen LogP contribution in [0.5, 0.6) is 5.75 Å². The number of piperidine rings is 1. The largest absolute Gasteiger partial charge is 0.487 e. The lowest BCUT2D eigenvalue weighted by Crippen LogP contribution is -2.43. The third-order valence-electron chi connectivity index (χ3n) is 3.17. The van der Waals surface area contributed by atoms with E-state index in [2.05, 4.69) is 47.2 Å². The summed E-state index contributed by atoms with van der Waals surface area (Å²) >= 11 is 3.49. The fourth-order valence-electron chi connectivity index (χ4n) is 2.01. The summed E-state index contributed by atoms with van der Waals surface area (Å²) in [4.78, 5) is 0. The normalized spacial score (nSPS) is 19.4. The molecule has 0 amide bonds. The topological polar surface area (TPSA) is 21.3 Å². The highest BCUT2D eigenvalue weighted by Crippen LogP contribution is 2.30. The Morgan fingerprint density at radius 2 is 2.00 bits per heavy atom. The van der Waals surface area contributed by atoms with E-state index in [9.17, 15) is 0 Å². The summed E-state index contributed by atoms with van der Waals surface area (Å²) in [7, 11) is 0. The molecule has 1 aliphatic heterocycles. The van der Waals surface area contributed by atoms with Crippen LogP contribution in [0, 0.1) is 6.92 Å². The molecule has 1 N–H and O–H groups in total. The third-order valence-corrected chi connectivity index (χ3v) is 3.66. The highest BCUT2D eigenvalue weighted by Gasteiger charge is 2.29. The van der Waals surface area contributed by atoms with E-state index in [0.29, 0.717) is 0 Å². The first-order chi connectivity index (χ1) is 7.59. The molecule has 1 aromatic rings. The second kappa shape index (κ2) is 4.76. The zero-order chi connectivity index (χ0) is 11.6. The van der Waals surface area contributed by atoms with Crippen LogP contribution in [0.3, 0.4) is 0 Å². The van der Waals surface area contributed by atoms with Crippen LogP contribution in [0.2, 0.25) is 0 Å². The molecular formula is C13H18BrNO. The lowest BCUT2D eigenvalue weighted by atomic mass is 9.94. The van der Waals surface area contributed by atoms with Crippen molar-refractivity contribution in [2.45, 2.75) is 32.3 Å². The van der Waals surface area contributed by atoms with Crippen LogP contribution in [0.1, 0.15) is 25.3 Å². The van der Waals surface area contributed by atoms with Gasteiger partial charge in [-0.25, -0.2) is 0 Å². The summed E-state index contributed by atoms with van der Waals surface area (Å²) in [5, 5.41) is 3.36. The van der Waals surface area contributed by atoms with Gasteiger partial charge in [-0.3, -0.25) is 0 Å². The van der Waals surface area contributed by atoms with Crippen LogP contribution >= 0.6 is 15.9 Å². The summed E-state index contributed by atoms with van der Waals surface area (Å²) in [6, 6.07) is 6.19. The molecule has 1 fully saturated rings. The zero-order valence-corrected chi connectivity index (χ0v) is 11.4. The number of ether oxygens (including phenoxy) is 1. The molecule has 1 saturated heterocycles. The first kappa shape index (κ1) is 11.9. The second-order valence-electron chi connectivity index (χ2n) is 4.71. The molecule has 0 aromatic heterocycles. The van der Waals surface area contributed by atoms with E-state index in [1.165, 1.54) is 5.56 Å². The Hall–Kier alpha value is -0.540. The summed E-state index contributed by atoms with van der Waals surface area (Å²) < 4.78 is 7.26. The number of benzene rings is 1. The molecule has 0 atom stereocenters. The van der Waals surface area contributed by atoms with E-state index < -0.39 is 0 Å². The van der Waals surface area contributed by atoms with Crippen molar-refractivity contribution in [2.75, 3.05) is 13.1 Å². The van der Waals surface area contributed by atoms with Crippen LogP contribution in [0.4, 0.5) is 0 Å². The van der Waals surface area contributed by atoms with Gasteiger partial charge < -0.3 is 10.1 Å². The molecule has 0 saturated carbocycles. The molecule has 3 heteroatoms. The van der Waals surface area contributed by atoms with E-state index in [4.69, 9.17) is 4.74 Å². The molecule has 0 bridgehead atoms. The number of halogens is 1. The second-order valence-corrected chi connectivity index (χ2v) is 5.63. The Morgan fingerprint density at radius 3 is 2.69 bits per heavy atom. The van der Waals surface area contributed by atoms with Crippen molar-refractivity contribution >= 4 is 15.9 Å². The van der Waals surface area contributed by atoms with Gasteiger partial charge in [0.05, 0.1) is 0 Å². The number of nitrogens with one attached hydrogen (secondary N) is 1. The van der Waals surface area contributed by atoms with E-state index in [0.717, 1.165) is 36.2 Å². The van der Waals surface area contributed by atoms with Gasteiger partial charge >= 0.3 is 0 Å². The highest BCUT2D eigenvalue weighted by atomic mass is 79.9. The molecule has 0 aliphatic carbocycles. The highest BCUT2D eigenvalue weighted by molar-refractivity contribution is 9.10. The van der Waals surface area contributed by atoms with Crippen LogP contribution in [-0.2, 0) is 0 Å². The van der Waals surface area contributed by atoms with Crippen molar-refractivity contribution < 1.29 is 4.74 Å². The minimum absolute atomic E-state index is 0.0171. The quantitative estimate of drug-likeness (QED) is 0.900. The Labute approximate surface area is 106 Å². The van der Waals surface area contributed by atoms with Gasteiger partial charge in [0.15, 0.2) is 0 Å². The van der Waals surface area contributed by atoms with Crippen molar-refractivity contribution in [1.82, 2.24) is 5.32 Å². The molecule has 88 valence electrons. The summed E-state index contributed by atoms with van der Waals surface area (Å²) in [5.74, 6) is 0.999. The SMILES string of the molecule is Cc1ccc(Br)cc1OC1(C)CCNCC1. The molecule has 2 rings (SSSR count). The van der Waals surface area contributed by atoms with Gasteiger partial charge in [-0.1, -0.05) is 22.0 Å². The minimum atomic E-state index is -0.0171. The fourth-order valence-corrected chi connectivity index (χ4v) is 2.35. The van der Waals surface area contributed by atoms with Gasteiger partial charge in [0.2, 0.25) is 0 Å². The Kier molecular flexibility index (Phi) is 3.55. The first-order valence-corrected chi connectivity index (χ1v) is 6.54. The van der Waals surface area contributed by atoms with E-state index >= 15 is 0 Å². The van der Waals surface area contributed by atoms with Gasteiger partial charge in [-0.15, -0.1) is 0 Å². The lowest BCUT2D eigenvalue weighted by molar-refractivity contribution is 0.0548. The average molecular weight is 284 g/mol. The number of hydrogen-bond acceptors (Lipinski definition) is 2. The minimum Gasteiger partial charge on any atom is -0.487 e. The predicted octanol–water partition coefficient (Wildman–Crippen LogP) is 3.28. The molecule has 1 aromatic carbocycles. The first-order valence-electron chi connectivity index (χ1n) is 5.75. The smallest absolute Gasteiger partial charge is 0.124 e. The van der Waals surface area contributed by atoms with Crippen LogP contribution in [0.15, 0.2) is 22.7 Å². The van der Waals surface area contributed by atoms with Crippen LogP contribution in [-0.4, -0.2) is 18.7 Å². The van der Waals surface area contributed by atoms with Gasteiger partial charge in [0.25, 0.3) is 0 Å². The summed E-state index contributed by atoms with van der Waals surface area (Å²) in [5.41, 5.74) is 1.18. The van der Waals surface area contributed by atoms with Gasteiger partial charge in [-0.05, 0) is 57.5 Å². The molecule has 1 aliphatic rings. The molecule has 16 heavy (non-hydrogen) atoms. The Bertz CT molecular complexity index is 372. The summed E-state index contributed by atoms with van der Waals surface area (Å²) in [6.07, 6.45) is 2.14. The van der Waals surface area contributed by atoms with Crippen LogP contribution < -0.4 is 10.1 Å². The molecule has 1 heterocycles. The third kappa shape index (κ3) is 2.77. The Balaban J connectivity index is 2.15. The van der Waals surface area contributed by atoms with Crippen molar-refractivity contribution in [3.63, 3.8) is 0 Å². The maximum absolute atomic E-state index is 6.18. The molecule has 0 spiro atoms. The van der Waals surface area contributed by atoms with Crippen molar-refractivity contribution in [3.05, 3.63) is 28.2 Å². The monoisotopic (exact) mass is 283 g/mol. The van der Waals surface area contributed by atoms with Crippen molar-refractivity contribution in [3.8, 4) is 5.75 Å². The van der Waals surface area contributed by atoms with Crippen molar-refractivity contribution in [2.24, 2.45) is 0 Å². The molecule has 0 unspecified atom stereocenters. The number of hydrogen-bond donors (Lipinski definition) is 1.